The first-order chi connectivity index (χ1) is 13.5. The summed E-state index contributed by atoms with van der Waals surface area (Å²) in [5, 5.41) is 4.83. The smallest absolute Gasteiger partial charge is 0.250 e. The van der Waals surface area contributed by atoms with Gasteiger partial charge in [-0.2, -0.15) is 5.10 Å². The van der Waals surface area contributed by atoms with Crippen molar-refractivity contribution < 1.29 is 4.79 Å². The zero-order valence-corrected chi connectivity index (χ0v) is 17.4. The minimum atomic E-state index is -0.108. The van der Waals surface area contributed by atoms with Gasteiger partial charge in [0.05, 0.1) is 12.0 Å². The van der Waals surface area contributed by atoms with Gasteiger partial charge in [0.1, 0.15) is 0 Å². The van der Waals surface area contributed by atoms with Crippen LogP contribution in [0.5, 0.6) is 0 Å². The molecule has 1 heterocycles. The van der Waals surface area contributed by atoms with Crippen LogP contribution in [0.1, 0.15) is 22.5 Å². The predicted octanol–water partition coefficient (Wildman–Crippen LogP) is 5.13. The van der Waals surface area contributed by atoms with Crippen molar-refractivity contribution in [2.45, 2.75) is 19.6 Å². The van der Waals surface area contributed by atoms with Gasteiger partial charge < -0.3 is 4.57 Å². The van der Waals surface area contributed by atoms with Crippen molar-refractivity contribution in [3.63, 3.8) is 0 Å². The normalized spacial score (nSPS) is 11.1. The van der Waals surface area contributed by atoms with Crippen molar-refractivity contribution in [3.8, 4) is 5.69 Å². The quantitative estimate of drug-likeness (QED) is 0.432. The molecule has 0 aliphatic rings. The Morgan fingerprint density at radius 1 is 1.14 bits per heavy atom. The Morgan fingerprint density at radius 3 is 2.57 bits per heavy atom. The summed E-state index contributed by atoms with van der Waals surface area (Å²) >= 11 is 7.55. The predicted molar refractivity (Wildman–Crippen MR) is 119 cm³/mol. The molecular formula is C22H22ClN3OS. The lowest BCUT2D eigenvalue weighted by atomic mass is 10.2. The van der Waals surface area contributed by atoms with Crippen LogP contribution < -0.4 is 5.43 Å². The van der Waals surface area contributed by atoms with Crippen molar-refractivity contribution in [1.82, 2.24) is 9.99 Å². The van der Waals surface area contributed by atoms with E-state index in [1.165, 1.54) is 5.56 Å². The average molecular weight is 412 g/mol. The minimum Gasteiger partial charge on any atom is -0.318 e. The van der Waals surface area contributed by atoms with Crippen molar-refractivity contribution in [3.05, 3.63) is 88.2 Å². The minimum absolute atomic E-state index is 0.108. The van der Waals surface area contributed by atoms with E-state index in [2.05, 4.69) is 27.2 Å². The number of hydrazone groups is 1. The number of amides is 1. The molecule has 6 heteroatoms. The summed E-state index contributed by atoms with van der Waals surface area (Å²) in [6, 6.07) is 19.8. The van der Waals surface area contributed by atoms with Gasteiger partial charge in [-0.15, -0.1) is 11.8 Å². The summed E-state index contributed by atoms with van der Waals surface area (Å²) in [5.74, 6) is 1.07. The molecule has 2 aromatic carbocycles. The van der Waals surface area contributed by atoms with Crippen LogP contribution in [0.2, 0.25) is 5.02 Å². The van der Waals surface area contributed by atoms with Gasteiger partial charge in [0.15, 0.2) is 0 Å². The monoisotopic (exact) mass is 411 g/mol. The molecule has 0 atom stereocenters. The molecule has 0 aliphatic carbocycles. The summed E-state index contributed by atoms with van der Waals surface area (Å²) in [6.45, 7) is 4.07. The molecule has 144 valence electrons. The van der Waals surface area contributed by atoms with Crippen molar-refractivity contribution >= 4 is 35.5 Å². The Balaban J connectivity index is 1.56. The summed E-state index contributed by atoms with van der Waals surface area (Å²) in [5.41, 5.74) is 7.96. The highest BCUT2D eigenvalue weighted by Crippen LogP contribution is 2.21. The second-order valence-electron chi connectivity index (χ2n) is 6.41. The number of halogens is 1. The van der Waals surface area contributed by atoms with Crippen molar-refractivity contribution in [1.29, 1.82) is 0 Å². The molecule has 0 bridgehead atoms. The third-order valence-electron chi connectivity index (χ3n) is 4.29. The Morgan fingerprint density at radius 2 is 1.86 bits per heavy atom. The maximum atomic E-state index is 12.0. The Kier molecular flexibility index (Phi) is 6.95. The third kappa shape index (κ3) is 5.27. The van der Waals surface area contributed by atoms with Gasteiger partial charge in [0.2, 0.25) is 5.91 Å². The van der Waals surface area contributed by atoms with Crippen molar-refractivity contribution in [2.24, 2.45) is 5.10 Å². The Bertz CT molecular complexity index is 965. The Labute approximate surface area is 174 Å². The van der Waals surface area contributed by atoms with E-state index >= 15 is 0 Å². The first kappa shape index (κ1) is 20.2. The van der Waals surface area contributed by atoms with E-state index in [0.29, 0.717) is 10.8 Å². The second-order valence-corrected chi connectivity index (χ2v) is 7.83. The molecule has 3 rings (SSSR count). The summed E-state index contributed by atoms with van der Waals surface area (Å²) in [6.07, 6.45) is 1.69. The van der Waals surface area contributed by atoms with Gasteiger partial charge in [-0.05, 0) is 49.7 Å². The number of thioether (sulfide) groups is 1. The number of nitrogens with one attached hydrogen (secondary N) is 1. The molecule has 0 radical (unpaired) electrons. The maximum Gasteiger partial charge on any atom is 0.250 e. The van der Waals surface area contributed by atoms with Gasteiger partial charge >= 0.3 is 0 Å². The summed E-state index contributed by atoms with van der Waals surface area (Å²) in [7, 11) is 0. The van der Waals surface area contributed by atoms with E-state index in [4.69, 9.17) is 11.6 Å². The van der Waals surface area contributed by atoms with E-state index in [-0.39, 0.29) is 5.91 Å². The van der Waals surface area contributed by atoms with Gasteiger partial charge in [-0.1, -0.05) is 41.9 Å². The van der Waals surface area contributed by atoms with Crippen LogP contribution in [-0.2, 0) is 10.5 Å². The lowest BCUT2D eigenvalue weighted by Crippen LogP contribution is -2.19. The third-order valence-corrected chi connectivity index (χ3v) is 5.55. The van der Waals surface area contributed by atoms with Crippen LogP contribution in [0, 0.1) is 13.8 Å². The molecule has 0 fully saturated rings. The first-order valence-electron chi connectivity index (χ1n) is 8.93. The SMILES string of the molecule is Cc1cc(/C=N\NC(=O)CSCc2ccccc2)c(C)n1-c1ccc(Cl)cc1. The lowest BCUT2D eigenvalue weighted by molar-refractivity contribution is -0.118. The van der Waals surface area contributed by atoms with Gasteiger partial charge in [-0.3, -0.25) is 4.79 Å². The van der Waals surface area contributed by atoms with Crippen LogP contribution in [0.15, 0.2) is 65.8 Å². The second kappa shape index (κ2) is 9.62. The molecule has 3 aromatic rings. The number of aromatic nitrogens is 1. The Hall–Kier alpha value is -2.50. The van der Waals surface area contributed by atoms with E-state index < -0.39 is 0 Å². The number of rotatable bonds is 7. The topological polar surface area (TPSA) is 46.4 Å². The van der Waals surface area contributed by atoms with Crippen molar-refractivity contribution in [2.75, 3.05) is 5.75 Å². The fourth-order valence-corrected chi connectivity index (χ4v) is 3.85. The lowest BCUT2D eigenvalue weighted by Gasteiger charge is -2.09. The fraction of sp³-hybridized carbons (Fsp3) is 0.182. The zero-order valence-electron chi connectivity index (χ0n) is 15.9. The van der Waals surface area contributed by atoms with E-state index in [1.54, 1.807) is 18.0 Å². The molecule has 0 unspecified atom stereocenters. The molecule has 1 amide bonds. The van der Waals surface area contributed by atoms with Crippen LogP contribution in [0.3, 0.4) is 0 Å². The van der Waals surface area contributed by atoms with E-state index in [0.717, 1.165) is 28.4 Å². The fourth-order valence-electron chi connectivity index (χ4n) is 2.95. The van der Waals surface area contributed by atoms with Gasteiger partial charge in [0, 0.05) is 33.4 Å². The number of hydrogen-bond acceptors (Lipinski definition) is 3. The largest absolute Gasteiger partial charge is 0.318 e. The molecular weight excluding hydrogens is 390 g/mol. The number of nitrogens with zero attached hydrogens (tertiary/aromatic N) is 2. The van der Waals surface area contributed by atoms with Crippen LogP contribution in [0.4, 0.5) is 0 Å². The molecule has 1 N–H and O–H groups in total. The number of benzene rings is 2. The summed E-state index contributed by atoms with van der Waals surface area (Å²) in [4.78, 5) is 12.0. The van der Waals surface area contributed by atoms with Crippen LogP contribution >= 0.6 is 23.4 Å². The number of aryl methyl sites for hydroxylation is 1. The highest BCUT2D eigenvalue weighted by Gasteiger charge is 2.09. The molecule has 0 spiro atoms. The average Bonchev–Trinajstić information content (AvgIpc) is 2.97. The molecule has 0 saturated carbocycles. The number of hydrogen-bond donors (Lipinski definition) is 1. The van der Waals surface area contributed by atoms with Crippen LogP contribution in [-0.4, -0.2) is 22.4 Å². The van der Waals surface area contributed by atoms with Gasteiger partial charge in [-0.25, -0.2) is 5.43 Å². The zero-order chi connectivity index (χ0) is 19.9. The maximum absolute atomic E-state index is 12.0. The van der Waals surface area contributed by atoms with Gasteiger partial charge in [0.25, 0.3) is 0 Å². The molecule has 4 nitrogen and oxygen atoms in total. The van der Waals surface area contributed by atoms with E-state index in [1.807, 2.05) is 62.4 Å². The molecule has 1 aromatic heterocycles. The number of carbonyl (C=O) groups excluding carboxylic acids is 1. The molecule has 0 aliphatic heterocycles. The number of carbonyl (C=O) groups is 1. The highest BCUT2D eigenvalue weighted by molar-refractivity contribution is 7.99. The highest BCUT2D eigenvalue weighted by atomic mass is 35.5. The summed E-state index contributed by atoms with van der Waals surface area (Å²) < 4.78 is 2.13. The van der Waals surface area contributed by atoms with Crippen LogP contribution in [0.25, 0.3) is 5.69 Å². The molecule has 0 saturated heterocycles. The van der Waals surface area contributed by atoms with E-state index in [9.17, 15) is 4.79 Å². The molecule has 28 heavy (non-hydrogen) atoms. The first-order valence-corrected chi connectivity index (χ1v) is 10.5. The standard InChI is InChI=1S/C22H22ClN3OS/c1-16-12-19(17(2)26(16)21-10-8-20(23)9-11-21)13-24-25-22(27)15-28-14-18-6-4-3-5-7-18/h3-13H,14-15H2,1-2H3,(H,25,27)/b24-13-.